The van der Waals surface area contributed by atoms with Crippen molar-refractivity contribution in [1.82, 2.24) is 14.9 Å². The summed E-state index contributed by atoms with van der Waals surface area (Å²) >= 11 is 0. The minimum absolute atomic E-state index is 0.458. The molecule has 28 heavy (non-hydrogen) atoms. The van der Waals surface area contributed by atoms with E-state index in [0.29, 0.717) is 23.7 Å². The van der Waals surface area contributed by atoms with Gasteiger partial charge in [-0.15, -0.1) is 0 Å². The van der Waals surface area contributed by atoms with Crippen LogP contribution in [0.3, 0.4) is 0 Å². The molecule has 0 aliphatic rings. The quantitative estimate of drug-likeness (QED) is 0.498. The summed E-state index contributed by atoms with van der Waals surface area (Å²) < 4.78 is 0. The van der Waals surface area contributed by atoms with Gasteiger partial charge in [0.15, 0.2) is 0 Å². The van der Waals surface area contributed by atoms with E-state index in [1.807, 2.05) is 6.20 Å². The molecule has 0 saturated carbocycles. The molecule has 0 N–H and O–H groups in total. The molecule has 0 spiro atoms. The molecule has 0 saturated heterocycles. The van der Waals surface area contributed by atoms with Crippen molar-refractivity contribution < 1.29 is 0 Å². The lowest BCUT2D eigenvalue weighted by Crippen LogP contribution is -2.14. The van der Waals surface area contributed by atoms with Crippen LogP contribution in [0, 0.1) is 0 Å². The van der Waals surface area contributed by atoms with Gasteiger partial charge in [0.2, 0.25) is 0 Å². The summed E-state index contributed by atoms with van der Waals surface area (Å²) in [6.07, 6.45) is 6.44. The van der Waals surface area contributed by atoms with E-state index in [2.05, 4.69) is 84.9 Å². The Morgan fingerprint density at radius 2 is 1.43 bits per heavy atom. The van der Waals surface area contributed by atoms with Crippen LogP contribution in [0.1, 0.15) is 106 Å². The molecule has 2 aromatic rings. The molecular weight excluding hydrogens is 342 g/mol. The topological polar surface area (TPSA) is 29.0 Å². The van der Waals surface area contributed by atoms with Crippen molar-refractivity contribution in [2.75, 3.05) is 14.1 Å². The van der Waals surface area contributed by atoms with E-state index in [1.165, 1.54) is 28.1 Å². The predicted octanol–water partition coefficient (Wildman–Crippen LogP) is 6.47. The summed E-state index contributed by atoms with van der Waals surface area (Å²) in [6, 6.07) is 6.82. The van der Waals surface area contributed by atoms with Crippen LogP contribution in [0.5, 0.6) is 0 Å². The lowest BCUT2D eigenvalue weighted by atomic mass is 9.90. The van der Waals surface area contributed by atoms with E-state index in [-0.39, 0.29) is 0 Å². The van der Waals surface area contributed by atoms with Gasteiger partial charge in [0, 0.05) is 30.3 Å². The molecular formula is C25H39N3. The zero-order chi connectivity index (χ0) is 20.8. The third-order valence-electron chi connectivity index (χ3n) is 5.64. The highest BCUT2D eigenvalue weighted by Crippen LogP contribution is 2.29. The van der Waals surface area contributed by atoms with Gasteiger partial charge in [-0.05, 0) is 73.4 Å². The lowest BCUT2D eigenvalue weighted by molar-refractivity contribution is 0.398. The molecule has 0 fully saturated rings. The Morgan fingerprint density at radius 3 is 1.96 bits per heavy atom. The second-order valence-electron chi connectivity index (χ2n) is 9.26. The molecule has 2 rings (SSSR count). The minimum Gasteiger partial charge on any atom is -0.305 e. The van der Waals surface area contributed by atoms with E-state index in [1.54, 1.807) is 0 Å². The Bertz CT molecular complexity index is 732. The average Bonchev–Trinajstić information content (AvgIpc) is 2.65. The fraction of sp³-hybridized carbons (Fsp3) is 0.600. The molecule has 2 unspecified atom stereocenters. The zero-order valence-corrected chi connectivity index (χ0v) is 19.2. The summed E-state index contributed by atoms with van der Waals surface area (Å²) in [7, 11) is 4.25. The van der Waals surface area contributed by atoms with Gasteiger partial charge in [0.1, 0.15) is 0 Å². The third kappa shape index (κ3) is 6.13. The molecule has 0 radical (unpaired) electrons. The molecule has 154 valence electrons. The first-order valence-electron chi connectivity index (χ1n) is 10.8. The lowest BCUT2D eigenvalue weighted by Gasteiger charge is -2.20. The molecule has 2 aromatic heterocycles. The first-order valence-corrected chi connectivity index (χ1v) is 10.8. The molecule has 0 bridgehead atoms. The number of rotatable bonds is 9. The SMILES string of the molecule is CC(C)c1ccc(C(C)CCC(C)c2cnc(C(C)C)c(CN(C)C)c2)nc1. The highest BCUT2D eigenvalue weighted by molar-refractivity contribution is 5.29. The molecule has 0 aromatic carbocycles. The molecule has 2 heterocycles. The maximum absolute atomic E-state index is 4.82. The standard InChI is InChI=1S/C25H39N3/c1-17(2)21-11-12-24(26-14-21)20(6)10-9-19(5)22-13-23(16-28(7)8)25(18(3)4)27-15-22/h11-15,17-20H,9-10,16H2,1-8H3. The molecule has 0 aliphatic carbocycles. The fourth-order valence-electron chi connectivity index (χ4n) is 3.66. The van der Waals surface area contributed by atoms with Gasteiger partial charge in [-0.1, -0.05) is 53.7 Å². The van der Waals surface area contributed by atoms with Crippen LogP contribution >= 0.6 is 0 Å². The fourth-order valence-corrected chi connectivity index (χ4v) is 3.66. The molecule has 0 aliphatic heterocycles. The Hall–Kier alpha value is -1.74. The second kappa shape index (κ2) is 10.2. The number of hydrogen-bond acceptors (Lipinski definition) is 3. The van der Waals surface area contributed by atoms with Crippen molar-refractivity contribution in [2.24, 2.45) is 0 Å². The van der Waals surface area contributed by atoms with Gasteiger partial charge in [-0.2, -0.15) is 0 Å². The van der Waals surface area contributed by atoms with Crippen LogP contribution in [0.25, 0.3) is 0 Å². The second-order valence-corrected chi connectivity index (χ2v) is 9.26. The van der Waals surface area contributed by atoms with E-state index < -0.39 is 0 Å². The summed E-state index contributed by atoms with van der Waals surface area (Å²) in [4.78, 5) is 11.8. The van der Waals surface area contributed by atoms with Crippen molar-refractivity contribution in [3.05, 3.63) is 58.7 Å². The van der Waals surface area contributed by atoms with E-state index in [0.717, 1.165) is 19.4 Å². The predicted molar refractivity (Wildman–Crippen MR) is 120 cm³/mol. The Labute approximate surface area is 172 Å². The number of aromatic nitrogens is 2. The zero-order valence-electron chi connectivity index (χ0n) is 19.2. The highest BCUT2D eigenvalue weighted by atomic mass is 15.0. The first kappa shape index (κ1) is 22.5. The van der Waals surface area contributed by atoms with Gasteiger partial charge < -0.3 is 4.90 Å². The van der Waals surface area contributed by atoms with Crippen LogP contribution in [0.15, 0.2) is 30.6 Å². The highest BCUT2D eigenvalue weighted by Gasteiger charge is 2.15. The van der Waals surface area contributed by atoms with Crippen molar-refractivity contribution in [2.45, 2.75) is 84.6 Å². The molecule has 0 amide bonds. The largest absolute Gasteiger partial charge is 0.305 e. The third-order valence-corrected chi connectivity index (χ3v) is 5.64. The van der Waals surface area contributed by atoms with Crippen LogP contribution in [0.2, 0.25) is 0 Å². The van der Waals surface area contributed by atoms with Crippen LogP contribution in [0.4, 0.5) is 0 Å². The van der Waals surface area contributed by atoms with Gasteiger partial charge in [0.05, 0.1) is 0 Å². The normalized spacial score (nSPS) is 14.1. The van der Waals surface area contributed by atoms with Crippen LogP contribution in [-0.4, -0.2) is 29.0 Å². The summed E-state index contributed by atoms with van der Waals surface area (Å²) in [5, 5.41) is 0. The van der Waals surface area contributed by atoms with E-state index >= 15 is 0 Å². The monoisotopic (exact) mass is 381 g/mol. The Kier molecular flexibility index (Phi) is 8.18. The molecule has 3 heteroatoms. The summed E-state index contributed by atoms with van der Waals surface area (Å²) in [5.41, 5.74) is 6.47. The smallest absolute Gasteiger partial charge is 0.0474 e. The van der Waals surface area contributed by atoms with E-state index in [4.69, 9.17) is 9.97 Å². The minimum atomic E-state index is 0.458. The van der Waals surface area contributed by atoms with Crippen molar-refractivity contribution in [3.63, 3.8) is 0 Å². The van der Waals surface area contributed by atoms with Crippen molar-refractivity contribution in [1.29, 1.82) is 0 Å². The van der Waals surface area contributed by atoms with Crippen molar-refractivity contribution in [3.8, 4) is 0 Å². The maximum Gasteiger partial charge on any atom is 0.0474 e. The average molecular weight is 382 g/mol. The maximum atomic E-state index is 4.82. The van der Waals surface area contributed by atoms with Crippen LogP contribution in [-0.2, 0) is 6.54 Å². The summed E-state index contributed by atoms with van der Waals surface area (Å²) in [6.45, 7) is 14.4. The van der Waals surface area contributed by atoms with E-state index in [9.17, 15) is 0 Å². The van der Waals surface area contributed by atoms with Gasteiger partial charge in [-0.25, -0.2) is 0 Å². The molecule has 3 nitrogen and oxygen atoms in total. The van der Waals surface area contributed by atoms with Crippen LogP contribution < -0.4 is 0 Å². The van der Waals surface area contributed by atoms with Gasteiger partial charge in [-0.3, -0.25) is 9.97 Å². The molecule has 2 atom stereocenters. The Morgan fingerprint density at radius 1 is 0.786 bits per heavy atom. The van der Waals surface area contributed by atoms with Gasteiger partial charge in [0.25, 0.3) is 0 Å². The Balaban J connectivity index is 2.04. The first-order chi connectivity index (χ1) is 13.2. The number of nitrogens with zero attached hydrogens (tertiary/aromatic N) is 3. The summed E-state index contributed by atoms with van der Waals surface area (Å²) in [5.74, 6) is 1.98. The number of hydrogen-bond donors (Lipinski definition) is 0. The van der Waals surface area contributed by atoms with Crippen molar-refractivity contribution >= 4 is 0 Å². The van der Waals surface area contributed by atoms with Gasteiger partial charge >= 0.3 is 0 Å². The number of pyridine rings is 2.